The average molecular weight is 349 g/mol. The van der Waals surface area contributed by atoms with Crippen molar-refractivity contribution in [2.24, 2.45) is 0 Å². The van der Waals surface area contributed by atoms with Gasteiger partial charge in [0, 0.05) is 11.3 Å². The van der Waals surface area contributed by atoms with Gasteiger partial charge in [0.1, 0.15) is 4.71 Å². The van der Waals surface area contributed by atoms with Crippen molar-refractivity contribution >= 4 is 41.3 Å². The number of amides is 1. The lowest BCUT2D eigenvalue weighted by molar-refractivity contribution is -0.123. The van der Waals surface area contributed by atoms with E-state index in [0.29, 0.717) is 26.8 Å². The van der Waals surface area contributed by atoms with E-state index in [-0.39, 0.29) is 22.1 Å². The highest BCUT2D eigenvalue weighted by Gasteiger charge is 2.44. The van der Waals surface area contributed by atoms with Crippen LogP contribution in [0.3, 0.4) is 0 Å². The molecule has 1 saturated heterocycles. The molecular formula is C16H15NO4S2. The van der Waals surface area contributed by atoms with E-state index in [1.807, 2.05) is 0 Å². The lowest BCUT2D eigenvalue weighted by Gasteiger charge is -2.13. The van der Waals surface area contributed by atoms with Gasteiger partial charge in [-0.2, -0.15) is 0 Å². The molecule has 5 nitrogen and oxygen atoms in total. The molecule has 0 spiro atoms. The predicted molar refractivity (Wildman–Crippen MR) is 91.8 cm³/mol. The van der Waals surface area contributed by atoms with Gasteiger partial charge in [0.25, 0.3) is 5.91 Å². The van der Waals surface area contributed by atoms with Crippen molar-refractivity contribution in [3.8, 4) is 11.5 Å². The Morgan fingerprint density at radius 3 is 2.74 bits per heavy atom. The van der Waals surface area contributed by atoms with Gasteiger partial charge in [-0.15, -0.1) is 0 Å². The molecule has 1 aromatic carbocycles. The van der Waals surface area contributed by atoms with E-state index in [1.165, 1.54) is 37.6 Å². The van der Waals surface area contributed by atoms with Crippen molar-refractivity contribution in [3.63, 3.8) is 0 Å². The number of thioether (sulfide) groups is 2. The Morgan fingerprint density at radius 1 is 1.39 bits per heavy atom. The summed E-state index contributed by atoms with van der Waals surface area (Å²) < 4.78 is 4.93. The first-order chi connectivity index (χ1) is 10.9. The highest BCUT2D eigenvalue weighted by molar-refractivity contribution is 8.21. The van der Waals surface area contributed by atoms with Gasteiger partial charge >= 0.3 is 0 Å². The number of hydrogen-bond acceptors (Lipinski definition) is 6. The molecule has 3 rings (SSSR count). The Balaban J connectivity index is 1.94. The number of carbonyl (C=O) groups excluding carboxylic acids is 2. The third-order valence-electron chi connectivity index (χ3n) is 3.63. The van der Waals surface area contributed by atoms with E-state index < -0.39 is 0 Å². The van der Waals surface area contributed by atoms with Crippen molar-refractivity contribution in [1.29, 1.82) is 0 Å². The largest absolute Gasteiger partial charge is 0.504 e. The number of rotatable bonds is 3. The zero-order valence-electron chi connectivity index (χ0n) is 12.8. The minimum absolute atomic E-state index is 0.00676. The molecule has 0 saturated carbocycles. The van der Waals surface area contributed by atoms with Gasteiger partial charge < -0.3 is 9.84 Å². The first kappa shape index (κ1) is 16.0. The number of ketones is 1. The van der Waals surface area contributed by atoms with Crippen LogP contribution in [0.15, 0.2) is 33.7 Å². The van der Waals surface area contributed by atoms with E-state index >= 15 is 0 Å². The number of Topliss-reactive ketones (excluding diaryl/α,β-unsaturated/α-hetero) is 1. The smallest absolute Gasteiger partial charge is 0.266 e. The molecule has 2 heterocycles. The minimum atomic E-state index is -0.152. The number of para-hydroxylation sites is 1. The number of ether oxygens (including phenoxy) is 1. The summed E-state index contributed by atoms with van der Waals surface area (Å²) in [6.07, 6.45) is 1.66. The summed E-state index contributed by atoms with van der Waals surface area (Å²) in [4.78, 5) is 27.0. The van der Waals surface area contributed by atoms with Crippen molar-refractivity contribution in [2.75, 3.05) is 7.11 Å². The van der Waals surface area contributed by atoms with Crippen LogP contribution in [0.4, 0.5) is 0 Å². The van der Waals surface area contributed by atoms with E-state index in [9.17, 15) is 14.7 Å². The molecule has 0 aromatic heterocycles. The van der Waals surface area contributed by atoms with Crippen molar-refractivity contribution in [3.05, 3.63) is 39.3 Å². The number of nitrogens with zero attached hydrogens (tertiary/aromatic N) is 1. The number of phenols is 1. The lowest BCUT2D eigenvalue weighted by Crippen LogP contribution is -2.25. The maximum absolute atomic E-state index is 12.6. The Labute approximate surface area is 142 Å². The molecule has 1 aromatic rings. The zero-order valence-corrected chi connectivity index (χ0v) is 14.5. The number of allylic oxidation sites excluding steroid dienone is 2. The van der Waals surface area contributed by atoms with E-state index in [4.69, 9.17) is 4.74 Å². The summed E-state index contributed by atoms with van der Waals surface area (Å²) >= 11 is 2.78. The fraction of sp³-hybridized carbons (Fsp3) is 0.250. The quantitative estimate of drug-likeness (QED) is 0.846. The minimum Gasteiger partial charge on any atom is -0.504 e. The van der Waals surface area contributed by atoms with Crippen LogP contribution in [0.25, 0.3) is 6.08 Å². The molecule has 2 aliphatic rings. The zero-order chi connectivity index (χ0) is 16.7. The van der Waals surface area contributed by atoms with E-state index in [1.54, 1.807) is 36.1 Å². The summed E-state index contributed by atoms with van der Waals surface area (Å²) in [5.41, 5.74) is 1.23. The Bertz CT molecular complexity index is 769. The number of carbonyl (C=O) groups is 2. The third kappa shape index (κ3) is 2.64. The molecule has 7 heteroatoms. The van der Waals surface area contributed by atoms with Gasteiger partial charge in [-0.3, -0.25) is 14.5 Å². The molecule has 2 aliphatic heterocycles. The number of phenolic OH excluding ortho intramolecular Hbond substituents is 1. The van der Waals surface area contributed by atoms with Gasteiger partial charge in [-0.1, -0.05) is 35.7 Å². The number of aromatic hydroxyl groups is 1. The van der Waals surface area contributed by atoms with Crippen LogP contribution in [-0.2, 0) is 9.59 Å². The highest BCUT2D eigenvalue weighted by atomic mass is 32.2. The van der Waals surface area contributed by atoms with Crippen LogP contribution >= 0.6 is 23.5 Å². The summed E-state index contributed by atoms with van der Waals surface area (Å²) in [5.74, 6) is 0.196. The maximum atomic E-state index is 12.6. The Morgan fingerprint density at radius 2 is 2.13 bits per heavy atom. The SMILES string of the molecule is COc1cccc(C=C2SC3SC(C(C)=O)=C(C)N3C2=O)c1O. The second kappa shape index (κ2) is 5.98. The summed E-state index contributed by atoms with van der Waals surface area (Å²) in [5, 5.41) is 10.1. The van der Waals surface area contributed by atoms with Crippen LogP contribution in [0.5, 0.6) is 11.5 Å². The first-order valence-electron chi connectivity index (χ1n) is 6.90. The molecule has 1 amide bonds. The molecule has 0 aliphatic carbocycles. The van der Waals surface area contributed by atoms with E-state index in [0.717, 1.165) is 0 Å². The number of benzene rings is 1. The molecule has 23 heavy (non-hydrogen) atoms. The molecular weight excluding hydrogens is 334 g/mol. The fourth-order valence-electron chi connectivity index (χ4n) is 2.50. The lowest BCUT2D eigenvalue weighted by atomic mass is 10.1. The van der Waals surface area contributed by atoms with Crippen LogP contribution in [0.2, 0.25) is 0 Å². The van der Waals surface area contributed by atoms with Gasteiger partial charge in [-0.05, 0) is 26.0 Å². The van der Waals surface area contributed by atoms with Gasteiger partial charge in [0.2, 0.25) is 0 Å². The Hall–Kier alpha value is -1.86. The monoisotopic (exact) mass is 349 g/mol. The van der Waals surface area contributed by atoms with Crippen molar-refractivity contribution in [1.82, 2.24) is 4.90 Å². The van der Waals surface area contributed by atoms with Gasteiger partial charge in [0.05, 0.1) is 16.9 Å². The molecule has 120 valence electrons. The van der Waals surface area contributed by atoms with Crippen LogP contribution in [-0.4, -0.2) is 33.5 Å². The summed E-state index contributed by atoms with van der Waals surface area (Å²) in [7, 11) is 1.48. The molecule has 0 radical (unpaired) electrons. The highest BCUT2D eigenvalue weighted by Crippen LogP contribution is 2.52. The number of fused-ring (bicyclic) bond motifs is 1. The van der Waals surface area contributed by atoms with Crippen LogP contribution in [0, 0.1) is 0 Å². The molecule has 1 atom stereocenters. The third-order valence-corrected chi connectivity index (χ3v) is 6.40. The molecule has 1 fully saturated rings. The fourth-order valence-corrected chi connectivity index (χ4v) is 5.26. The number of hydrogen-bond donors (Lipinski definition) is 1. The summed E-state index contributed by atoms with van der Waals surface area (Å²) in [6.45, 7) is 3.29. The molecule has 0 bridgehead atoms. The second-order valence-electron chi connectivity index (χ2n) is 5.10. The van der Waals surface area contributed by atoms with Crippen LogP contribution < -0.4 is 4.74 Å². The predicted octanol–water partition coefficient (Wildman–Crippen LogP) is 3.17. The molecule has 1 N–H and O–H groups in total. The van der Waals surface area contributed by atoms with E-state index in [2.05, 4.69) is 0 Å². The summed E-state index contributed by atoms with van der Waals surface area (Å²) in [6, 6.07) is 5.13. The maximum Gasteiger partial charge on any atom is 0.266 e. The van der Waals surface area contributed by atoms with Crippen LogP contribution in [0.1, 0.15) is 19.4 Å². The normalized spacial score (nSPS) is 22.0. The topological polar surface area (TPSA) is 66.8 Å². The second-order valence-corrected chi connectivity index (χ2v) is 7.61. The molecule has 1 unspecified atom stereocenters. The number of methoxy groups -OCH3 is 1. The Kier molecular flexibility index (Phi) is 4.16. The average Bonchev–Trinajstić information content (AvgIpc) is 2.99. The van der Waals surface area contributed by atoms with Crippen molar-refractivity contribution < 1.29 is 19.4 Å². The van der Waals surface area contributed by atoms with Gasteiger partial charge in [-0.25, -0.2) is 0 Å². The van der Waals surface area contributed by atoms with Gasteiger partial charge in [0.15, 0.2) is 17.3 Å². The first-order valence-corrected chi connectivity index (χ1v) is 8.66. The standard InChI is InChI=1S/C16H15NO4S2/c1-8-14(9(2)18)23-16-17(8)15(20)12(22-16)7-10-5-4-6-11(21-3)13(10)19/h4-7,16,19H,1-3H3. The van der Waals surface area contributed by atoms with Crippen molar-refractivity contribution in [2.45, 2.75) is 18.6 Å².